The Morgan fingerprint density at radius 3 is 2.57 bits per heavy atom. The van der Waals surface area contributed by atoms with Crippen molar-refractivity contribution in [1.29, 1.82) is 0 Å². The number of halogens is 1. The summed E-state index contributed by atoms with van der Waals surface area (Å²) in [5.41, 5.74) is 6.45. The number of benzene rings is 1. The fourth-order valence-corrected chi connectivity index (χ4v) is 2.62. The summed E-state index contributed by atoms with van der Waals surface area (Å²) in [6.45, 7) is 1.70. The molecule has 120 valence electrons. The number of hydrogen-bond acceptors (Lipinski definition) is 5. The van der Waals surface area contributed by atoms with Crippen LogP contribution in [0.1, 0.15) is 5.56 Å². The van der Waals surface area contributed by atoms with Crippen molar-refractivity contribution >= 4 is 34.0 Å². The molecule has 9 heteroatoms. The minimum atomic E-state index is -3.57. The third-order valence-electron chi connectivity index (χ3n) is 2.78. The minimum Gasteiger partial charge on any atom is -0.383 e. The quantitative estimate of drug-likeness (QED) is 0.688. The van der Waals surface area contributed by atoms with E-state index in [2.05, 4.69) is 10.0 Å². The van der Waals surface area contributed by atoms with Crippen LogP contribution in [0.2, 0.25) is 0 Å². The van der Waals surface area contributed by atoms with Crippen molar-refractivity contribution in [2.24, 2.45) is 5.73 Å². The number of nitrogens with two attached hydrogens (primary N) is 1. The fourth-order valence-electron chi connectivity index (χ4n) is 1.63. The number of carbonyl (C=O) groups excluding carboxylic acids is 1. The first-order chi connectivity index (χ1) is 9.33. The molecule has 0 aromatic heterocycles. The van der Waals surface area contributed by atoms with Crippen LogP contribution in [0.3, 0.4) is 0 Å². The van der Waals surface area contributed by atoms with Gasteiger partial charge in [0.1, 0.15) is 6.04 Å². The van der Waals surface area contributed by atoms with Crippen LogP contribution >= 0.6 is 12.4 Å². The van der Waals surface area contributed by atoms with Gasteiger partial charge in [0, 0.05) is 12.8 Å². The Bertz CT molecular complexity index is 592. The third kappa shape index (κ3) is 4.94. The zero-order chi connectivity index (χ0) is 15.3. The number of hydrogen-bond donors (Lipinski definition) is 3. The summed E-state index contributed by atoms with van der Waals surface area (Å²) in [5.74, 6) is -0.436. The number of rotatable bonds is 6. The Hall–Kier alpha value is -1.19. The zero-order valence-electron chi connectivity index (χ0n) is 12.0. The topological polar surface area (TPSA) is 111 Å². The lowest BCUT2D eigenvalue weighted by molar-refractivity contribution is -0.118. The molecule has 0 saturated carbocycles. The maximum absolute atomic E-state index is 11.8. The standard InChI is InChI=1S/C12H19N3O4S.ClH/c1-8-10(15-12(16)9(13)7-19-3)5-4-6-11(8)20(17,18)14-2;/h4-6,9,14H,7,13H2,1-3H3,(H,15,16);1H. The summed E-state index contributed by atoms with van der Waals surface area (Å²) in [5, 5.41) is 2.60. The molecule has 1 aromatic rings. The van der Waals surface area contributed by atoms with Crippen molar-refractivity contribution in [2.75, 3.05) is 26.1 Å². The third-order valence-corrected chi connectivity index (χ3v) is 4.34. The van der Waals surface area contributed by atoms with Gasteiger partial charge in [-0.3, -0.25) is 4.79 Å². The Kier molecular flexibility index (Phi) is 7.83. The van der Waals surface area contributed by atoms with Crippen LogP contribution in [0.4, 0.5) is 5.69 Å². The Morgan fingerprint density at radius 2 is 2.05 bits per heavy atom. The first-order valence-electron chi connectivity index (χ1n) is 5.92. The predicted octanol–water partition coefficient (Wildman–Crippen LogP) is 0.237. The lowest BCUT2D eigenvalue weighted by atomic mass is 10.2. The second kappa shape index (κ2) is 8.30. The normalized spacial score (nSPS) is 12.4. The van der Waals surface area contributed by atoms with Crippen LogP contribution < -0.4 is 15.8 Å². The van der Waals surface area contributed by atoms with E-state index in [4.69, 9.17) is 10.5 Å². The van der Waals surface area contributed by atoms with E-state index in [9.17, 15) is 13.2 Å². The SMILES string of the molecule is CNS(=O)(=O)c1cccc(NC(=O)C(N)COC)c1C.Cl. The fraction of sp³-hybridized carbons (Fsp3) is 0.417. The summed E-state index contributed by atoms with van der Waals surface area (Å²) in [6, 6.07) is 3.81. The molecule has 0 saturated heterocycles. The summed E-state index contributed by atoms with van der Waals surface area (Å²) in [7, 11) is -0.804. The highest BCUT2D eigenvalue weighted by atomic mass is 35.5. The van der Waals surface area contributed by atoms with Crippen molar-refractivity contribution in [2.45, 2.75) is 17.9 Å². The van der Waals surface area contributed by atoms with E-state index in [1.165, 1.54) is 20.2 Å². The van der Waals surface area contributed by atoms with E-state index in [-0.39, 0.29) is 23.9 Å². The molecule has 4 N–H and O–H groups in total. The van der Waals surface area contributed by atoms with Crippen molar-refractivity contribution in [3.05, 3.63) is 23.8 Å². The summed E-state index contributed by atoms with van der Waals surface area (Å²) in [4.78, 5) is 11.9. The van der Waals surface area contributed by atoms with E-state index in [0.717, 1.165) is 0 Å². The van der Waals surface area contributed by atoms with Crippen molar-refractivity contribution in [3.8, 4) is 0 Å². The van der Waals surface area contributed by atoms with Crippen LogP contribution in [0, 0.1) is 6.92 Å². The highest BCUT2D eigenvalue weighted by Crippen LogP contribution is 2.22. The van der Waals surface area contributed by atoms with E-state index in [0.29, 0.717) is 11.3 Å². The van der Waals surface area contributed by atoms with Gasteiger partial charge >= 0.3 is 0 Å². The molecule has 7 nitrogen and oxygen atoms in total. The van der Waals surface area contributed by atoms with Crippen molar-refractivity contribution in [1.82, 2.24) is 4.72 Å². The molecule has 0 bridgehead atoms. The molecule has 0 aliphatic rings. The number of amides is 1. The number of carbonyl (C=O) groups is 1. The Morgan fingerprint density at radius 1 is 1.43 bits per heavy atom. The molecule has 1 unspecified atom stereocenters. The molecular formula is C12H20ClN3O4S. The van der Waals surface area contributed by atoms with Crippen LogP contribution in [0.25, 0.3) is 0 Å². The van der Waals surface area contributed by atoms with Crippen LogP contribution in [-0.2, 0) is 19.6 Å². The maximum atomic E-state index is 11.8. The van der Waals surface area contributed by atoms with Crippen molar-refractivity contribution in [3.63, 3.8) is 0 Å². The van der Waals surface area contributed by atoms with Crippen molar-refractivity contribution < 1.29 is 17.9 Å². The highest BCUT2D eigenvalue weighted by molar-refractivity contribution is 7.89. The average Bonchev–Trinajstić information content (AvgIpc) is 2.41. The second-order valence-corrected chi connectivity index (χ2v) is 6.04. The number of anilines is 1. The van der Waals surface area contributed by atoms with Gasteiger partial charge < -0.3 is 15.8 Å². The molecule has 1 atom stereocenters. The molecule has 0 fully saturated rings. The summed E-state index contributed by atoms with van der Waals surface area (Å²) < 4.78 is 30.7. The molecule has 1 rings (SSSR count). The number of nitrogens with one attached hydrogen (secondary N) is 2. The second-order valence-electron chi connectivity index (χ2n) is 4.19. The van der Waals surface area contributed by atoms with Gasteiger partial charge in [0.05, 0.1) is 11.5 Å². The minimum absolute atomic E-state index is 0. The Labute approximate surface area is 130 Å². The predicted molar refractivity (Wildman–Crippen MR) is 83.2 cm³/mol. The molecule has 0 heterocycles. The van der Waals surface area contributed by atoms with Gasteiger partial charge in [-0.1, -0.05) is 6.07 Å². The molecule has 0 aliphatic carbocycles. The molecule has 1 amide bonds. The first-order valence-corrected chi connectivity index (χ1v) is 7.40. The monoisotopic (exact) mass is 337 g/mol. The highest BCUT2D eigenvalue weighted by Gasteiger charge is 2.19. The molecule has 21 heavy (non-hydrogen) atoms. The van der Waals surface area contributed by atoms with Gasteiger partial charge in [0.2, 0.25) is 15.9 Å². The van der Waals surface area contributed by atoms with Crippen LogP contribution in [0.15, 0.2) is 23.1 Å². The molecule has 0 aliphatic heterocycles. The van der Waals surface area contributed by atoms with Crippen LogP contribution in [-0.4, -0.2) is 41.1 Å². The summed E-state index contributed by atoms with van der Waals surface area (Å²) in [6.07, 6.45) is 0. The summed E-state index contributed by atoms with van der Waals surface area (Å²) >= 11 is 0. The molecule has 0 spiro atoms. The Balaban J connectivity index is 0.00000400. The largest absolute Gasteiger partial charge is 0.383 e. The maximum Gasteiger partial charge on any atom is 0.243 e. The number of sulfonamides is 1. The lowest BCUT2D eigenvalue weighted by Crippen LogP contribution is -2.39. The smallest absolute Gasteiger partial charge is 0.243 e. The molecule has 0 radical (unpaired) electrons. The first kappa shape index (κ1) is 19.8. The van der Waals surface area contributed by atoms with E-state index in [1.54, 1.807) is 19.1 Å². The lowest BCUT2D eigenvalue weighted by Gasteiger charge is -2.15. The number of ether oxygens (including phenoxy) is 1. The van der Waals surface area contributed by atoms with Gasteiger partial charge in [0.25, 0.3) is 0 Å². The van der Waals surface area contributed by atoms with E-state index in [1.807, 2.05) is 0 Å². The zero-order valence-corrected chi connectivity index (χ0v) is 13.7. The van der Waals surface area contributed by atoms with Gasteiger partial charge in [-0.2, -0.15) is 0 Å². The molecule has 1 aromatic carbocycles. The van der Waals surface area contributed by atoms with Gasteiger partial charge in [-0.15, -0.1) is 12.4 Å². The van der Waals surface area contributed by atoms with Crippen LogP contribution in [0.5, 0.6) is 0 Å². The van der Waals surface area contributed by atoms with E-state index < -0.39 is 22.0 Å². The van der Waals surface area contributed by atoms with E-state index >= 15 is 0 Å². The van der Waals surface area contributed by atoms with Gasteiger partial charge in [-0.25, -0.2) is 13.1 Å². The van der Waals surface area contributed by atoms with Gasteiger partial charge in [0.15, 0.2) is 0 Å². The number of methoxy groups -OCH3 is 1. The average molecular weight is 338 g/mol. The van der Waals surface area contributed by atoms with Gasteiger partial charge in [-0.05, 0) is 31.7 Å². The molecular weight excluding hydrogens is 318 g/mol.